The summed E-state index contributed by atoms with van der Waals surface area (Å²) in [6.07, 6.45) is 4.65. The lowest BCUT2D eigenvalue weighted by Gasteiger charge is -2.30. The molecule has 2 aromatic rings. The molecule has 0 atom stereocenters. The van der Waals surface area contributed by atoms with Gasteiger partial charge in [0.2, 0.25) is 0 Å². The van der Waals surface area contributed by atoms with Gasteiger partial charge in [-0.15, -0.1) is 5.10 Å². The Morgan fingerprint density at radius 2 is 2.20 bits per heavy atom. The Hall–Kier alpha value is -1.62. The van der Waals surface area contributed by atoms with E-state index in [9.17, 15) is 0 Å². The van der Waals surface area contributed by atoms with Gasteiger partial charge in [-0.1, -0.05) is 11.6 Å². The van der Waals surface area contributed by atoms with Gasteiger partial charge in [-0.2, -0.15) is 0 Å². The zero-order chi connectivity index (χ0) is 13.5. The molecule has 2 aliphatic rings. The number of halogens is 1. The highest BCUT2D eigenvalue weighted by molar-refractivity contribution is 6.30. The number of benzene rings is 1. The maximum atomic E-state index is 6.09. The van der Waals surface area contributed by atoms with E-state index in [-0.39, 0.29) is 0 Å². The number of tetrazole rings is 1. The second-order valence-electron chi connectivity index (χ2n) is 5.57. The van der Waals surface area contributed by atoms with Crippen LogP contribution < -0.4 is 4.90 Å². The van der Waals surface area contributed by atoms with E-state index in [0.717, 1.165) is 36.8 Å². The molecule has 1 aromatic carbocycles. The summed E-state index contributed by atoms with van der Waals surface area (Å²) in [6, 6.07) is 6.67. The van der Waals surface area contributed by atoms with Gasteiger partial charge in [0.15, 0.2) is 5.82 Å². The number of hydrogen-bond acceptors (Lipinski definition) is 4. The van der Waals surface area contributed by atoms with Crippen LogP contribution in [-0.4, -0.2) is 26.8 Å². The van der Waals surface area contributed by atoms with Crippen LogP contribution in [0.25, 0.3) is 0 Å². The van der Waals surface area contributed by atoms with Crippen LogP contribution in [0.4, 0.5) is 5.69 Å². The van der Waals surface area contributed by atoms with Crippen molar-refractivity contribution in [3.8, 4) is 0 Å². The minimum atomic E-state index is 0.523. The normalized spacial score (nSPS) is 18.1. The quantitative estimate of drug-likeness (QED) is 0.871. The molecule has 0 N–H and O–H groups in total. The standard InChI is InChI=1S/C14H16ClN5/c15-11-3-6-13-10(8-11)2-1-7-19(13)9-14-16-17-18-20(14)12-4-5-12/h3,6,8,12H,1-2,4-5,7,9H2. The van der Waals surface area contributed by atoms with E-state index in [1.54, 1.807) is 0 Å². The maximum absolute atomic E-state index is 6.09. The highest BCUT2D eigenvalue weighted by Crippen LogP contribution is 2.35. The summed E-state index contributed by atoms with van der Waals surface area (Å²) in [7, 11) is 0. The summed E-state index contributed by atoms with van der Waals surface area (Å²) in [5.41, 5.74) is 2.60. The van der Waals surface area contributed by atoms with Gasteiger partial charge in [-0.25, -0.2) is 4.68 Å². The average molecular weight is 290 g/mol. The van der Waals surface area contributed by atoms with Crippen LogP contribution in [0.15, 0.2) is 18.2 Å². The van der Waals surface area contributed by atoms with Crippen LogP contribution in [0.5, 0.6) is 0 Å². The number of aromatic nitrogens is 4. The molecule has 2 heterocycles. The van der Waals surface area contributed by atoms with Crippen LogP contribution in [-0.2, 0) is 13.0 Å². The van der Waals surface area contributed by atoms with Crippen LogP contribution in [0.2, 0.25) is 5.02 Å². The van der Waals surface area contributed by atoms with Gasteiger partial charge >= 0.3 is 0 Å². The fourth-order valence-corrected chi connectivity index (χ4v) is 3.09. The third-order valence-electron chi connectivity index (χ3n) is 4.04. The maximum Gasteiger partial charge on any atom is 0.170 e. The van der Waals surface area contributed by atoms with Crippen LogP contribution >= 0.6 is 11.6 Å². The Morgan fingerprint density at radius 1 is 1.30 bits per heavy atom. The molecule has 0 unspecified atom stereocenters. The predicted octanol–water partition coefficient (Wildman–Crippen LogP) is 2.61. The molecule has 1 aliphatic carbocycles. The van der Waals surface area contributed by atoms with Crippen molar-refractivity contribution in [3.05, 3.63) is 34.6 Å². The lowest BCUT2D eigenvalue weighted by Crippen LogP contribution is -2.30. The third kappa shape index (κ3) is 2.16. The minimum Gasteiger partial charge on any atom is -0.364 e. The molecular weight excluding hydrogens is 274 g/mol. The molecule has 20 heavy (non-hydrogen) atoms. The summed E-state index contributed by atoms with van der Waals surface area (Å²) >= 11 is 6.09. The molecule has 0 radical (unpaired) electrons. The van der Waals surface area contributed by atoms with Crippen LogP contribution in [0, 0.1) is 0 Å². The van der Waals surface area contributed by atoms with E-state index in [1.165, 1.54) is 24.1 Å². The molecule has 104 valence electrons. The van der Waals surface area contributed by atoms with Gasteiger partial charge < -0.3 is 4.90 Å². The van der Waals surface area contributed by atoms with Crippen molar-refractivity contribution in [3.63, 3.8) is 0 Å². The SMILES string of the molecule is Clc1ccc2c(c1)CCCN2Cc1nnnn1C1CC1. The number of hydrogen-bond donors (Lipinski definition) is 0. The third-order valence-corrected chi connectivity index (χ3v) is 4.28. The zero-order valence-electron chi connectivity index (χ0n) is 11.2. The molecular formula is C14H16ClN5. The van der Waals surface area contributed by atoms with Crippen LogP contribution in [0.1, 0.15) is 36.7 Å². The minimum absolute atomic E-state index is 0.523. The molecule has 5 nitrogen and oxygen atoms in total. The Labute approximate surface area is 122 Å². The van der Waals surface area contributed by atoms with E-state index in [0.29, 0.717) is 6.04 Å². The smallest absolute Gasteiger partial charge is 0.170 e. The number of anilines is 1. The van der Waals surface area contributed by atoms with Crippen molar-refractivity contribution < 1.29 is 0 Å². The Kier molecular flexibility index (Phi) is 2.88. The van der Waals surface area contributed by atoms with Crippen molar-refractivity contribution in [2.24, 2.45) is 0 Å². The highest BCUT2D eigenvalue weighted by atomic mass is 35.5. The summed E-state index contributed by atoms with van der Waals surface area (Å²) < 4.78 is 1.99. The Bertz CT molecular complexity index is 634. The van der Waals surface area contributed by atoms with Gasteiger partial charge in [0, 0.05) is 17.3 Å². The lowest BCUT2D eigenvalue weighted by molar-refractivity contribution is 0.567. The van der Waals surface area contributed by atoms with Gasteiger partial charge in [-0.05, 0) is 59.9 Å². The predicted molar refractivity (Wildman–Crippen MR) is 76.9 cm³/mol. The summed E-state index contributed by atoms with van der Waals surface area (Å²) in [5.74, 6) is 0.968. The molecule has 4 rings (SSSR count). The molecule has 1 fully saturated rings. The fraction of sp³-hybridized carbons (Fsp3) is 0.500. The molecule has 0 amide bonds. The number of nitrogens with zero attached hydrogens (tertiary/aromatic N) is 5. The van der Waals surface area contributed by atoms with Gasteiger partial charge in [0.05, 0.1) is 12.6 Å². The van der Waals surface area contributed by atoms with E-state index in [1.807, 2.05) is 10.7 Å². The molecule has 1 aliphatic heterocycles. The fourth-order valence-electron chi connectivity index (χ4n) is 2.90. The lowest BCUT2D eigenvalue weighted by atomic mass is 10.0. The molecule has 0 saturated heterocycles. The number of rotatable bonds is 3. The average Bonchev–Trinajstić information content (AvgIpc) is 3.19. The highest BCUT2D eigenvalue weighted by Gasteiger charge is 2.29. The number of fused-ring (bicyclic) bond motifs is 1. The first-order valence-electron chi connectivity index (χ1n) is 7.11. The van der Waals surface area contributed by atoms with Crippen LogP contribution in [0.3, 0.4) is 0 Å². The molecule has 1 saturated carbocycles. The van der Waals surface area contributed by atoms with E-state index in [2.05, 4.69) is 32.6 Å². The summed E-state index contributed by atoms with van der Waals surface area (Å²) in [5, 5.41) is 13.0. The van der Waals surface area contributed by atoms with Gasteiger partial charge in [-0.3, -0.25) is 0 Å². The van der Waals surface area contributed by atoms with E-state index in [4.69, 9.17) is 11.6 Å². The molecule has 0 spiro atoms. The topological polar surface area (TPSA) is 46.8 Å². The van der Waals surface area contributed by atoms with E-state index >= 15 is 0 Å². The van der Waals surface area contributed by atoms with Crippen molar-refractivity contribution in [1.82, 2.24) is 20.2 Å². The first-order chi connectivity index (χ1) is 9.81. The molecule has 0 bridgehead atoms. The Balaban J connectivity index is 1.62. The molecule has 6 heteroatoms. The van der Waals surface area contributed by atoms with Gasteiger partial charge in [0.25, 0.3) is 0 Å². The second-order valence-corrected chi connectivity index (χ2v) is 6.01. The molecule has 1 aromatic heterocycles. The van der Waals surface area contributed by atoms with Crippen molar-refractivity contribution >= 4 is 17.3 Å². The zero-order valence-corrected chi connectivity index (χ0v) is 11.9. The van der Waals surface area contributed by atoms with Crippen molar-refractivity contribution in [2.75, 3.05) is 11.4 Å². The van der Waals surface area contributed by atoms with E-state index < -0.39 is 0 Å². The van der Waals surface area contributed by atoms with Crippen molar-refractivity contribution in [2.45, 2.75) is 38.3 Å². The summed E-state index contributed by atoms with van der Waals surface area (Å²) in [6.45, 7) is 1.82. The summed E-state index contributed by atoms with van der Waals surface area (Å²) in [4.78, 5) is 2.36. The Morgan fingerprint density at radius 3 is 3.05 bits per heavy atom. The van der Waals surface area contributed by atoms with Crippen molar-refractivity contribution in [1.29, 1.82) is 0 Å². The largest absolute Gasteiger partial charge is 0.364 e. The first-order valence-corrected chi connectivity index (χ1v) is 7.49. The number of aryl methyl sites for hydroxylation is 1. The monoisotopic (exact) mass is 289 g/mol. The van der Waals surface area contributed by atoms with Gasteiger partial charge in [0.1, 0.15) is 0 Å². The second kappa shape index (κ2) is 4.74. The first kappa shape index (κ1) is 12.1.